The molecule has 1 aliphatic rings. The first-order valence-corrected chi connectivity index (χ1v) is 8.41. The Morgan fingerprint density at radius 1 is 1.00 bits per heavy atom. The molecule has 136 valence electrons. The maximum Gasteiger partial charge on any atom is 0.326 e. The number of nitrogens with zero attached hydrogens (tertiary/aromatic N) is 1. The van der Waals surface area contributed by atoms with Gasteiger partial charge in [-0.2, -0.15) is 0 Å². The van der Waals surface area contributed by atoms with Gasteiger partial charge in [-0.15, -0.1) is 0 Å². The van der Waals surface area contributed by atoms with Crippen molar-refractivity contribution in [3.8, 4) is 0 Å². The molecular formula is C19H28N4O2. The Labute approximate surface area is 149 Å². The van der Waals surface area contributed by atoms with Crippen LogP contribution in [0, 0.1) is 0 Å². The van der Waals surface area contributed by atoms with E-state index in [1.807, 2.05) is 62.4 Å². The number of aromatic amines is 1. The van der Waals surface area contributed by atoms with Crippen molar-refractivity contribution < 1.29 is 7.65 Å². The van der Waals surface area contributed by atoms with Crippen LogP contribution in [-0.4, -0.2) is 22.1 Å². The minimum Gasteiger partial charge on any atom is -0.338 e. The Morgan fingerprint density at radius 2 is 1.68 bits per heavy atom. The van der Waals surface area contributed by atoms with E-state index in [4.69, 9.17) is 0 Å². The van der Waals surface area contributed by atoms with Crippen molar-refractivity contribution in [2.24, 2.45) is 7.05 Å². The Bertz CT molecular complexity index is 906. The van der Waals surface area contributed by atoms with Crippen LogP contribution in [0.4, 0.5) is 10.5 Å². The topological polar surface area (TPSA) is 78.9 Å². The number of amides is 2. The highest BCUT2D eigenvalue weighted by Gasteiger charge is 2.09. The number of anilines is 1. The van der Waals surface area contributed by atoms with E-state index in [0.29, 0.717) is 6.54 Å². The second-order valence-corrected chi connectivity index (χ2v) is 5.29. The molecule has 0 radical (unpaired) electrons. The number of benzene rings is 2. The average molecular weight is 344 g/mol. The summed E-state index contributed by atoms with van der Waals surface area (Å²) in [7, 11) is 1.75. The van der Waals surface area contributed by atoms with E-state index in [-0.39, 0.29) is 14.6 Å². The van der Waals surface area contributed by atoms with Crippen LogP contribution >= 0.6 is 0 Å². The molecule has 25 heavy (non-hydrogen) atoms. The minimum absolute atomic E-state index is 0. The van der Waals surface area contributed by atoms with Crippen LogP contribution in [0.3, 0.4) is 0 Å². The predicted molar refractivity (Wildman–Crippen MR) is 106 cm³/mol. The number of hydrogen-bond donors (Lipinski definition) is 3. The summed E-state index contributed by atoms with van der Waals surface area (Å²) in [5.41, 5.74) is 3.88. The molecular weight excluding hydrogens is 316 g/mol. The molecule has 6 nitrogen and oxygen atoms in total. The lowest BCUT2D eigenvalue weighted by Gasteiger charge is -2.03. The van der Waals surface area contributed by atoms with Crippen LogP contribution in [0.2, 0.25) is 0 Å². The summed E-state index contributed by atoms with van der Waals surface area (Å²) in [5, 5.41) is 5.51. The number of imidazole rings is 1. The largest absolute Gasteiger partial charge is 0.338 e. The first-order valence-electron chi connectivity index (χ1n) is 8.41. The molecule has 4 rings (SSSR count). The molecule has 2 amide bonds. The molecule has 2 heterocycles. The second-order valence-electron chi connectivity index (χ2n) is 5.29. The zero-order valence-corrected chi connectivity index (χ0v) is 14.8. The van der Waals surface area contributed by atoms with Gasteiger partial charge in [-0.25, -0.2) is 9.59 Å². The molecule has 0 spiro atoms. The molecule has 1 aromatic heterocycles. The molecule has 0 saturated carbocycles. The van der Waals surface area contributed by atoms with Crippen LogP contribution < -0.4 is 16.3 Å². The van der Waals surface area contributed by atoms with E-state index in [9.17, 15) is 9.59 Å². The highest BCUT2D eigenvalue weighted by atomic mass is 16.2. The molecule has 0 saturated heterocycles. The van der Waals surface area contributed by atoms with Gasteiger partial charge in [0.2, 0.25) is 0 Å². The summed E-state index contributed by atoms with van der Waals surface area (Å²) < 4.78 is 1.59. The highest BCUT2D eigenvalue weighted by Crippen LogP contribution is 2.16. The fraction of sp³-hybridized carbons (Fsp3) is 0.263. The number of H-pyrrole nitrogens is 1. The van der Waals surface area contributed by atoms with E-state index in [1.165, 1.54) is 5.56 Å². The fourth-order valence-electron chi connectivity index (χ4n) is 2.52. The SMILES string of the molecule is CC.Cn1c(=O)[nH]c2ccccc21.O=C1NCCc2ccccc2N1.[HH].[HH]. The van der Waals surface area contributed by atoms with Crippen LogP contribution in [-0.2, 0) is 13.5 Å². The molecule has 1 aliphatic heterocycles. The van der Waals surface area contributed by atoms with Crippen LogP contribution in [0.1, 0.15) is 22.3 Å². The summed E-state index contributed by atoms with van der Waals surface area (Å²) in [6.07, 6.45) is 0.898. The van der Waals surface area contributed by atoms with Crippen LogP contribution in [0.25, 0.3) is 11.0 Å². The fourth-order valence-corrected chi connectivity index (χ4v) is 2.52. The first-order chi connectivity index (χ1) is 12.1. The number of rotatable bonds is 0. The second kappa shape index (κ2) is 8.73. The molecule has 0 aliphatic carbocycles. The third-order valence-electron chi connectivity index (χ3n) is 3.76. The molecule has 2 aromatic carbocycles. The summed E-state index contributed by atoms with van der Waals surface area (Å²) in [4.78, 5) is 24.8. The third-order valence-corrected chi connectivity index (χ3v) is 3.76. The van der Waals surface area contributed by atoms with Gasteiger partial charge >= 0.3 is 11.7 Å². The van der Waals surface area contributed by atoms with E-state index >= 15 is 0 Å². The van der Waals surface area contributed by atoms with Crippen molar-refractivity contribution in [2.75, 3.05) is 11.9 Å². The van der Waals surface area contributed by atoms with Gasteiger partial charge in [0.15, 0.2) is 0 Å². The van der Waals surface area contributed by atoms with Gasteiger partial charge in [0.25, 0.3) is 0 Å². The highest BCUT2D eigenvalue weighted by molar-refractivity contribution is 5.90. The number of nitrogens with one attached hydrogen (secondary N) is 3. The minimum atomic E-state index is -0.111. The van der Waals surface area contributed by atoms with Crippen LogP contribution in [0.15, 0.2) is 53.3 Å². The number of carbonyl (C=O) groups excluding carboxylic acids is 1. The van der Waals surface area contributed by atoms with Crippen molar-refractivity contribution in [1.29, 1.82) is 0 Å². The molecule has 0 fully saturated rings. The number of carbonyl (C=O) groups is 1. The number of aryl methyl sites for hydroxylation is 1. The summed E-state index contributed by atoms with van der Waals surface area (Å²) >= 11 is 0. The van der Waals surface area contributed by atoms with Crippen LogP contribution in [0.5, 0.6) is 0 Å². The zero-order valence-electron chi connectivity index (χ0n) is 14.8. The quantitative estimate of drug-likeness (QED) is 0.581. The number of aromatic nitrogens is 2. The molecule has 6 heteroatoms. The van der Waals surface area contributed by atoms with Gasteiger partial charge in [0.05, 0.1) is 11.0 Å². The van der Waals surface area contributed by atoms with Gasteiger partial charge in [0.1, 0.15) is 0 Å². The maximum atomic E-state index is 11.0. The zero-order chi connectivity index (χ0) is 18.2. The lowest BCUT2D eigenvalue weighted by atomic mass is 10.1. The summed E-state index contributed by atoms with van der Waals surface area (Å²) in [6, 6.07) is 15.3. The number of para-hydroxylation sites is 3. The smallest absolute Gasteiger partial charge is 0.326 e. The molecule has 3 aromatic rings. The van der Waals surface area contributed by atoms with Gasteiger partial charge in [0, 0.05) is 22.1 Å². The maximum absolute atomic E-state index is 11.0. The van der Waals surface area contributed by atoms with Gasteiger partial charge in [-0.05, 0) is 30.2 Å². The molecule has 3 N–H and O–H groups in total. The van der Waals surface area contributed by atoms with Gasteiger partial charge in [-0.3, -0.25) is 4.57 Å². The van der Waals surface area contributed by atoms with Crippen molar-refractivity contribution in [3.63, 3.8) is 0 Å². The lowest BCUT2D eigenvalue weighted by molar-refractivity contribution is 0.252. The normalized spacial score (nSPS) is 12.4. The Balaban J connectivity index is 0.000000431. The Kier molecular flexibility index (Phi) is 6.39. The van der Waals surface area contributed by atoms with Crippen molar-refractivity contribution in [2.45, 2.75) is 20.3 Å². The van der Waals surface area contributed by atoms with E-state index in [0.717, 1.165) is 23.1 Å². The number of hydrogen-bond acceptors (Lipinski definition) is 2. The Morgan fingerprint density at radius 3 is 2.44 bits per heavy atom. The molecule has 0 atom stereocenters. The molecule has 0 unspecified atom stereocenters. The standard InChI is InChI=1S/C9H10N2O.C8H8N2O.C2H6.2H2/c12-9-10-6-5-7-3-1-2-4-8(7)11-9;1-10-7-5-3-2-4-6(7)9-8(10)11;1-2;;/h1-4H,5-6H2,(H2,10,11,12);2-5H,1H3,(H,9,11);1-2H3;2*1H. The monoisotopic (exact) mass is 344 g/mol. The van der Waals surface area contributed by atoms with Crippen molar-refractivity contribution >= 4 is 22.8 Å². The van der Waals surface area contributed by atoms with E-state index < -0.39 is 0 Å². The van der Waals surface area contributed by atoms with Gasteiger partial charge in [-0.1, -0.05) is 44.2 Å². The third kappa shape index (κ3) is 4.50. The number of fused-ring (bicyclic) bond motifs is 2. The van der Waals surface area contributed by atoms with Crippen molar-refractivity contribution in [3.05, 3.63) is 64.6 Å². The predicted octanol–water partition coefficient (Wildman–Crippen LogP) is 3.75. The first kappa shape index (κ1) is 18.3. The summed E-state index contributed by atoms with van der Waals surface area (Å²) in [5.74, 6) is 0. The van der Waals surface area contributed by atoms with E-state index in [2.05, 4.69) is 15.6 Å². The molecule has 0 bridgehead atoms. The average Bonchev–Trinajstić information content (AvgIpc) is 2.81. The van der Waals surface area contributed by atoms with E-state index in [1.54, 1.807) is 11.6 Å². The Hall–Kier alpha value is -3.02. The van der Waals surface area contributed by atoms with Crippen molar-refractivity contribution in [1.82, 2.24) is 14.9 Å². The summed E-state index contributed by atoms with van der Waals surface area (Å²) in [6.45, 7) is 4.71. The number of urea groups is 1. The van der Waals surface area contributed by atoms with Gasteiger partial charge < -0.3 is 15.6 Å². The lowest BCUT2D eigenvalue weighted by Crippen LogP contribution is -2.27.